The Morgan fingerprint density at radius 2 is 1.83 bits per heavy atom. The van der Waals surface area contributed by atoms with Crippen LogP contribution < -0.4 is 11.3 Å². The van der Waals surface area contributed by atoms with Gasteiger partial charge >= 0.3 is 0 Å². The molecule has 2 heterocycles. The minimum Gasteiger partial charge on any atom is -0.381 e. The first-order valence-corrected chi connectivity index (χ1v) is 7.32. The van der Waals surface area contributed by atoms with Crippen LogP contribution >= 0.6 is 0 Å². The van der Waals surface area contributed by atoms with Crippen LogP contribution in [-0.2, 0) is 9.47 Å². The molecule has 0 saturated carbocycles. The molecule has 0 amide bonds. The van der Waals surface area contributed by atoms with Crippen molar-refractivity contribution in [1.29, 1.82) is 0 Å². The number of ether oxygens (including phenoxy) is 2. The standard InChI is InChI=1S/C14H28N2O2/c1-9-10(2)18-11(3)14(9)13(16-15)8-12-4-6-17-7-5-12/h9-14,16H,4-8,15H2,1-3H3. The maximum atomic E-state index is 5.94. The molecule has 2 aliphatic rings. The van der Waals surface area contributed by atoms with Crippen LogP contribution in [0.25, 0.3) is 0 Å². The molecule has 0 aromatic carbocycles. The predicted octanol–water partition coefficient (Wildman–Crippen LogP) is 1.69. The Bertz CT molecular complexity index is 256. The zero-order valence-electron chi connectivity index (χ0n) is 11.9. The first-order chi connectivity index (χ1) is 8.63. The van der Waals surface area contributed by atoms with Gasteiger partial charge in [0.05, 0.1) is 12.2 Å². The molecule has 2 fully saturated rings. The fourth-order valence-corrected chi connectivity index (χ4v) is 3.66. The molecule has 0 aromatic heterocycles. The molecule has 2 aliphatic heterocycles. The first-order valence-electron chi connectivity index (χ1n) is 7.32. The summed E-state index contributed by atoms with van der Waals surface area (Å²) in [6, 6.07) is 0.364. The Hall–Kier alpha value is -0.160. The lowest BCUT2D eigenvalue weighted by molar-refractivity contribution is 0.0395. The normalized spacial score (nSPS) is 40.0. The summed E-state index contributed by atoms with van der Waals surface area (Å²) in [6.07, 6.45) is 4.13. The zero-order valence-corrected chi connectivity index (χ0v) is 11.9. The Kier molecular flexibility index (Phi) is 5.01. The lowest BCUT2D eigenvalue weighted by Crippen LogP contribution is -2.46. The van der Waals surface area contributed by atoms with Crippen LogP contribution in [0.2, 0.25) is 0 Å². The number of hydrogen-bond acceptors (Lipinski definition) is 4. The number of hydrogen-bond donors (Lipinski definition) is 2. The molecule has 5 unspecified atom stereocenters. The molecule has 0 aliphatic carbocycles. The second-order valence-corrected chi connectivity index (χ2v) is 6.05. The van der Waals surface area contributed by atoms with E-state index in [-0.39, 0.29) is 0 Å². The number of hydrazine groups is 1. The molecular formula is C14H28N2O2. The highest BCUT2D eigenvalue weighted by atomic mass is 16.5. The minimum atomic E-state index is 0.302. The summed E-state index contributed by atoms with van der Waals surface area (Å²) in [6.45, 7) is 8.45. The largest absolute Gasteiger partial charge is 0.381 e. The van der Waals surface area contributed by atoms with Crippen LogP contribution in [0.15, 0.2) is 0 Å². The van der Waals surface area contributed by atoms with Gasteiger partial charge in [-0.15, -0.1) is 0 Å². The van der Waals surface area contributed by atoms with Gasteiger partial charge in [-0.25, -0.2) is 0 Å². The molecule has 2 saturated heterocycles. The van der Waals surface area contributed by atoms with Crippen molar-refractivity contribution < 1.29 is 9.47 Å². The second kappa shape index (κ2) is 6.33. The smallest absolute Gasteiger partial charge is 0.0597 e. The SMILES string of the molecule is CC1OC(C)C(C(CC2CCOCC2)NN)C1C. The van der Waals surface area contributed by atoms with Crippen molar-refractivity contribution in [3.63, 3.8) is 0 Å². The van der Waals surface area contributed by atoms with E-state index in [1.807, 2.05) is 0 Å². The minimum absolute atomic E-state index is 0.302. The summed E-state index contributed by atoms with van der Waals surface area (Å²) in [5.74, 6) is 7.64. The van der Waals surface area contributed by atoms with Gasteiger partial charge in [0.1, 0.15) is 0 Å². The third-order valence-corrected chi connectivity index (χ3v) is 4.93. The summed E-state index contributed by atoms with van der Waals surface area (Å²) in [5.41, 5.74) is 3.05. The summed E-state index contributed by atoms with van der Waals surface area (Å²) in [7, 11) is 0. The average molecular weight is 256 g/mol. The quantitative estimate of drug-likeness (QED) is 0.594. The molecule has 3 N–H and O–H groups in total. The van der Waals surface area contributed by atoms with E-state index in [4.69, 9.17) is 15.3 Å². The average Bonchev–Trinajstić information content (AvgIpc) is 2.62. The first kappa shape index (κ1) is 14.3. The second-order valence-electron chi connectivity index (χ2n) is 6.05. The van der Waals surface area contributed by atoms with E-state index < -0.39 is 0 Å². The van der Waals surface area contributed by atoms with E-state index >= 15 is 0 Å². The third-order valence-electron chi connectivity index (χ3n) is 4.93. The molecule has 0 radical (unpaired) electrons. The summed E-state index contributed by atoms with van der Waals surface area (Å²) >= 11 is 0. The van der Waals surface area contributed by atoms with E-state index in [2.05, 4.69) is 26.2 Å². The van der Waals surface area contributed by atoms with Gasteiger partial charge in [-0.2, -0.15) is 0 Å². The van der Waals surface area contributed by atoms with Crippen LogP contribution in [0.4, 0.5) is 0 Å². The van der Waals surface area contributed by atoms with E-state index in [9.17, 15) is 0 Å². The van der Waals surface area contributed by atoms with Gasteiger partial charge < -0.3 is 9.47 Å². The molecular weight excluding hydrogens is 228 g/mol. The molecule has 106 valence electrons. The molecule has 0 bridgehead atoms. The maximum Gasteiger partial charge on any atom is 0.0597 e. The Morgan fingerprint density at radius 1 is 1.17 bits per heavy atom. The van der Waals surface area contributed by atoms with Crippen molar-refractivity contribution in [1.82, 2.24) is 5.43 Å². The van der Waals surface area contributed by atoms with Gasteiger partial charge in [0.15, 0.2) is 0 Å². The summed E-state index contributed by atoms with van der Waals surface area (Å²) in [4.78, 5) is 0. The van der Waals surface area contributed by atoms with Crippen LogP contribution in [0, 0.1) is 17.8 Å². The van der Waals surface area contributed by atoms with E-state index in [0.29, 0.717) is 30.1 Å². The lowest BCUT2D eigenvalue weighted by atomic mass is 9.79. The Morgan fingerprint density at radius 3 is 2.33 bits per heavy atom. The number of nitrogens with one attached hydrogen (secondary N) is 1. The van der Waals surface area contributed by atoms with Crippen molar-refractivity contribution in [2.75, 3.05) is 13.2 Å². The molecule has 4 nitrogen and oxygen atoms in total. The molecule has 18 heavy (non-hydrogen) atoms. The van der Waals surface area contributed by atoms with Gasteiger partial charge in [0, 0.05) is 25.2 Å². The highest BCUT2D eigenvalue weighted by Crippen LogP contribution is 2.37. The van der Waals surface area contributed by atoms with Gasteiger partial charge in [-0.1, -0.05) is 6.92 Å². The van der Waals surface area contributed by atoms with Crippen molar-refractivity contribution in [3.05, 3.63) is 0 Å². The number of rotatable bonds is 4. The van der Waals surface area contributed by atoms with Gasteiger partial charge in [0.2, 0.25) is 0 Å². The zero-order chi connectivity index (χ0) is 13.1. The topological polar surface area (TPSA) is 56.5 Å². The van der Waals surface area contributed by atoms with Crippen molar-refractivity contribution in [2.45, 2.75) is 58.3 Å². The molecule has 4 heteroatoms. The molecule has 2 rings (SSSR count). The number of nitrogens with two attached hydrogens (primary N) is 1. The van der Waals surface area contributed by atoms with Crippen LogP contribution in [0.3, 0.4) is 0 Å². The highest BCUT2D eigenvalue weighted by molar-refractivity contribution is 4.92. The van der Waals surface area contributed by atoms with E-state index in [0.717, 1.165) is 25.6 Å². The molecule has 0 spiro atoms. The predicted molar refractivity (Wildman–Crippen MR) is 71.9 cm³/mol. The molecule has 0 aromatic rings. The Labute approximate surface area is 111 Å². The monoisotopic (exact) mass is 256 g/mol. The van der Waals surface area contributed by atoms with E-state index in [1.165, 1.54) is 12.8 Å². The third kappa shape index (κ3) is 3.05. The van der Waals surface area contributed by atoms with E-state index in [1.54, 1.807) is 0 Å². The lowest BCUT2D eigenvalue weighted by Gasteiger charge is -2.32. The highest BCUT2D eigenvalue weighted by Gasteiger charge is 2.41. The van der Waals surface area contributed by atoms with Crippen molar-refractivity contribution >= 4 is 0 Å². The molecule has 5 atom stereocenters. The fraction of sp³-hybridized carbons (Fsp3) is 1.00. The maximum absolute atomic E-state index is 5.94. The fourth-order valence-electron chi connectivity index (χ4n) is 3.66. The van der Waals surface area contributed by atoms with Gasteiger partial charge in [0.25, 0.3) is 0 Å². The van der Waals surface area contributed by atoms with Crippen LogP contribution in [0.1, 0.15) is 40.0 Å². The van der Waals surface area contributed by atoms with Gasteiger partial charge in [-0.3, -0.25) is 11.3 Å². The summed E-state index contributed by atoms with van der Waals surface area (Å²) in [5, 5.41) is 0. The summed E-state index contributed by atoms with van der Waals surface area (Å²) < 4.78 is 11.4. The van der Waals surface area contributed by atoms with Crippen LogP contribution in [-0.4, -0.2) is 31.5 Å². The van der Waals surface area contributed by atoms with Crippen LogP contribution in [0.5, 0.6) is 0 Å². The van der Waals surface area contributed by atoms with Gasteiger partial charge in [-0.05, 0) is 44.9 Å². The van der Waals surface area contributed by atoms with Crippen molar-refractivity contribution in [3.8, 4) is 0 Å². The van der Waals surface area contributed by atoms with Crippen molar-refractivity contribution in [2.24, 2.45) is 23.6 Å². The Balaban J connectivity index is 1.94.